The van der Waals surface area contributed by atoms with Gasteiger partial charge in [-0.2, -0.15) is 0 Å². The van der Waals surface area contributed by atoms with E-state index in [1.165, 1.54) is 0 Å². The fourth-order valence-corrected chi connectivity index (χ4v) is 2.15. The standard InChI is InChI=1S/C17H22N4O/c18-14-4-6-16(19)13(10-14)2-1-8-21-15-5-3-12(7-9-22)17(20)11-15/h1-6,10-11,21-22H,7-9,18-20H2/b2-1+. The van der Waals surface area contributed by atoms with Gasteiger partial charge in [0, 0.05) is 35.9 Å². The highest BCUT2D eigenvalue weighted by Gasteiger charge is 2.00. The predicted molar refractivity (Wildman–Crippen MR) is 94.4 cm³/mol. The van der Waals surface area contributed by atoms with Crippen LogP contribution < -0.4 is 22.5 Å². The van der Waals surface area contributed by atoms with Crippen LogP contribution in [0.2, 0.25) is 0 Å². The average Bonchev–Trinajstić information content (AvgIpc) is 2.50. The molecule has 0 aliphatic carbocycles. The molecule has 0 aromatic heterocycles. The van der Waals surface area contributed by atoms with E-state index in [2.05, 4.69) is 5.32 Å². The summed E-state index contributed by atoms with van der Waals surface area (Å²) in [6.45, 7) is 0.744. The third kappa shape index (κ3) is 4.17. The van der Waals surface area contributed by atoms with Gasteiger partial charge in [-0.3, -0.25) is 0 Å². The highest BCUT2D eigenvalue weighted by atomic mass is 16.2. The van der Waals surface area contributed by atoms with Crippen LogP contribution in [0.3, 0.4) is 0 Å². The molecular weight excluding hydrogens is 276 g/mol. The van der Waals surface area contributed by atoms with Gasteiger partial charge in [0.15, 0.2) is 0 Å². The minimum absolute atomic E-state index is 0.0986. The van der Waals surface area contributed by atoms with Gasteiger partial charge in [0.1, 0.15) is 0 Å². The zero-order chi connectivity index (χ0) is 15.9. The molecule has 2 aromatic rings. The predicted octanol–water partition coefficient (Wildman–Crippen LogP) is 2.09. The van der Waals surface area contributed by atoms with Crippen molar-refractivity contribution in [3.8, 4) is 0 Å². The highest BCUT2D eigenvalue weighted by molar-refractivity contribution is 5.68. The van der Waals surface area contributed by atoms with Crippen LogP contribution in [0.15, 0.2) is 42.5 Å². The average molecular weight is 298 g/mol. The lowest BCUT2D eigenvalue weighted by molar-refractivity contribution is 0.300. The van der Waals surface area contributed by atoms with Gasteiger partial charge in [0.05, 0.1) is 0 Å². The number of benzene rings is 2. The number of nitrogens with one attached hydrogen (secondary N) is 1. The van der Waals surface area contributed by atoms with E-state index in [4.69, 9.17) is 22.3 Å². The Morgan fingerprint density at radius 1 is 1.00 bits per heavy atom. The van der Waals surface area contributed by atoms with Crippen molar-refractivity contribution in [2.45, 2.75) is 6.42 Å². The number of rotatable bonds is 6. The lowest BCUT2D eigenvalue weighted by Gasteiger charge is -2.08. The van der Waals surface area contributed by atoms with Gasteiger partial charge < -0.3 is 27.6 Å². The molecule has 2 aromatic carbocycles. The van der Waals surface area contributed by atoms with E-state index in [0.717, 1.165) is 16.8 Å². The van der Waals surface area contributed by atoms with Crippen molar-refractivity contribution in [2.24, 2.45) is 0 Å². The van der Waals surface area contributed by atoms with Crippen LogP contribution >= 0.6 is 0 Å². The van der Waals surface area contributed by atoms with Crippen molar-refractivity contribution < 1.29 is 5.11 Å². The first-order chi connectivity index (χ1) is 10.6. The van der Waals surface area contributed by atoms with Crippen LogP contribution in [0.4, 0.5) is 22.7 Å². The number of anilines is 4. The lowest BCUT2D eigenvalue weighted by atomic mass is 10.1. The van der Waals surface area contributed by atoms with E-state index in [0.29, 0.717) is 30.0 Å². The fraction of sp³-hybridized carbons (Fsp3) is 0.176. The molecule has 0 spiro atoms. The Bertz CT molecular complexity index is 668. The van der Waals surface area contributed by atoms with E-state index in [9.17, 15) is 0 Å². The number of hydrogen-bond donors (Lipinski definition) is 5. The molecule has 0 fully saturated rings. The zero-order valence-corrected chi connectivity index (χ0v) is 12.4. The van der Waals surface area contributed by atoms with Crippen molar-refractivity contribution >= 4 is 28.8 Å². The molecule has 2 rings (SSSR count). The maximum absolute atomic E-state index is 8.94. The molecule has 0 saturated carbocycles. The second kappa shape index (κ2) is 7.38. The van der Waals surface area contributed by atoms with Crippen LogP contribution in [0.5, 0.6) is 0 Å². The van der Waals surface area contributed by atoms with E-state index in [1.807, 2.05) is 36.4 Å². The first-order valence-electron chi connectivity index (χ1n) is 7.15. The Balaban J connectivity index is 1.94. The lowest BCUT2D eigenvalue weighted by Crippen LogP contribution is -2.02. The van der Waals surface area contributed by atoms with E-state index in [-0.39, 0.29) is 6.61 Å². The van der Waals surface area contributed by atoms with Crippen molar-refractivity contribution in [3.63, 3.8) is 0 Å². The Kier molecular flexibility index (Phi) is 5.27. The molecule has 0 aliphatic heterocycles. The summed E-state index contributed by atoms with van der Waals surface area (Å²) in [5.41, 5.74) is 22.4. The SMILES string of the molecule is Nc1ccc(N)c(/C=C/CNc2ccc(CCO)c(N)c2)c1. The highest BCUT2D eigenvalue weighted by Crippen LogP contribution is 2.19. The zero-order valence-electron chi connectivity index (χ0n) is 12.4. The van der Waals surface area contributed by atoms with Gasteiger partial charge in [-0.15, -0.1) is 0 Å². The normalized spacial score (nSPS) is 11.0. The second-order valence-corrected chi connectivity index (χ2v) is 5.06. The first kappa shape index (κ1) is 15.7. The summed E-state index contributed by atoms with van der Waals surface area (Å²) in [5, 5.41) is 12.2. The molecule has 116 valence electrons. The summed E-state index contributed by atoms with van der Waals surface area (Å²) in [6.07, 6.45) is 4.48. The fourth-order valence-electron chi connectivity index (χ4n) is 2.15. The quantitative estimate of drug-likeness (QED) is 0.524. The van der Waals surface area contributed by atoms with Gasteiger partial charge in [-0.1, -0.05) is 18.2 Å². The van der Waals surface area contributed by atoms with Gasteiger partial charge in [0.25, 0.3) is 0 Å². The smallest absolute Gasteiger partial charge is 0.0472 e. The Morgan fingerprint density at radius 3 is 2.55 bits per heavy atom. The monoisotopic (exact) mass is 298 g/mol. The molecule has 0 aliphatic rings. The van der Waals surface area contributed by atoms with Crippen LogP contribution in [-0.2, 0) is 6.42 Å². The molecule has 5 nitrogen and oxygen atoms in total. The van der Waals surface area contributed by atoms with Crippen LogP contribution in [0.1, 0.15) is 11.1 Å². The van der Waals surface area contributed by atoms with Crippen molar-refractivity contribution in [1.29, 1.82) is 0 Å². The number of nitrogen functional groups attached to an aromatic ring is 3. The van der Waals surface area contributed by atoms with Crippen molar-refractivity contribution in [3.05, 3.63) is 53.6 Å². The van der Waals surface area contributed by atoms with Crippen molar-refractivity contribution in [2.75, 3.05) is 35.7 Å². The third-order valence-electron chi connectivity index (χ3n) is 3.36. The maximum atomic E-state index is 8.94. The van der Waals surface area contributed by atoms with E-state index in [1.54, 1.807) is 12.1 Å². The summed E-state index contributed by atoms with van der Waals surface area (Å²) >= 11 is 0. The Hall–Kier alpha value is -2.66. The largest absolute Gasteiger partial charge is 0.399 e. The second-order valence-electron chi connectivity index (χ2n) is 5.06. The van der Waals surface area contributed by atoms with Gasteiger partial charge in [-0.05, 0) is 47.9 Å². The van der Waals surface area contributed by atoms with Crippen molar-refractivity contribution in [1.82, 2.24) is 0 Å². The van der Waals surface area contributed by atoms with Gasteiger partial charge in [-0.25, -0.2) is 0 Å². The molecule has 0 heterocycles. The maximum Gasteiger partial charge on any atom is 0.0472 e. The van der Waals surface area contributed by atoms with E-state index < -0.39 is 0 Å². The molecule has 0 bridgehead atoms. The summed E-state index contributed by atoms with van der Waals surface area (Å²) in [5.74, 6) is 0. The molecule has 0 unspecified atom stereocenters. The molecular formula is C17H22N4O. The third-order valence-corrected chi connectivity index (χ3v) is 3.36. The molecule has 0 radical (unpaired) electrons. The summed E-state index contributed by atoms with van der Waals surface area (Å²) in [4.78, 5) is 0. The molecule has 0 atom stereocenters. The minimum atomic E-state index is 0.0986. The summed E-state index contributed by atoms with van der Waals surface area (Å²) in [6, 6.07) is 11.2. The molecule has 5 heteroatoms. The number of hydrogen-bond acceptors (Lipinski definition) is 5. The summed E-state index contributed by atoms with van der Waals surface area (Å²) in [7, 11) is 0. The van der Waals surface area contributed by atoms with E-state index >= 15 is 0 Å². The van der Waals surface area contributed by atoms with Gasteiger partial charge >= 0.3 is 0 Å². The van der Waals surface area contributed by atoms with Crippen LogP contribution in [0.25, 0.3) is 6.08 Å². The number of aliphatic hydroxyl groups excluding tert-OH is 1. The number of aliphatic hydroxyl groups is 1. The van der Waals surface area contributed by atoms with Gasteiger partial charge in [0.2, 0.25) is 0 Å². The molecule has 8 N–H and O–H groups in total. The minimum Gasteiger partial charge on any atom is -0.399 e. The molecule has 22 heavy (non-hydrogen) atoms. The molecule has 0 saturated heterocycles. The topological polar surface area (TPSA) is 110 Å². The summed E-state index contributed by atoms with van der Waals surface area (Å²) < 4.78 is 0. The first-order valence-corrected chi connectivity index (χ1v) is 7.15. The Morgan fingerprint density at radius 2 is 1.82 bits per heavy atom. The molecule has 0 amide bonds. The van der Waals surface area contributed by atoms with Crippen LogP contribution in [0, 0.1) is 0 Å². The number of nitrogens with two attached hydrogens (primary N) is 3. The van der Waals surface area contributed by atoms with Crippen LogP contribution in [-0.4, -0.2) is 18.3 Å². The Labute approximate surface area is 130 Å².